The monoisotopic (exact) mass is 333 g/mol. The number of piperazine rings is 1. The molecule has 132 valence electrons. The average molecular weight is 333 g/mol. The second-order valence-electron chi connectivity index (χ2n) is 7.48. The Balaban J connectivity index is 1.32. The van der Waals surface area contributed by atoms with Crippen molar-refractivity contribution in [1.82, 2.24) is 9.80 Å². The fourth-order valence-corrected chi connectivity index (χ4v) is 4.46. The predicted octanol–water partition coefficient (Wildman–Crippen LogP) is 1.94. The fourth-order valence-electron chi connectivity index (χ4n) is 4.46. The summed E-state index contributed by atoms with van der Waals surface area (Å²) < 4.78 is 13.9. The van der Waals surface area contributed by atoms with Gasteiger partial charge in [0.2, 0.25) is 0 Å². The summed E-state index contributed by atoms with van der Waals surface area (Å²) in [5, 5.41) is 10.6. The predicted molar refractivity (Wildman–Crippen MR) is 93.8 cm³/mol. The lowest BCUT2D eigenvalue weighted by atomic mass is 9.88. The van der Waals surface area contributed by atoms with Crippen molar-refractivity contribution >= 4 is 5.69 Å². The van der Waals surface area contributed by atoms with Gasteiger partial charge in [0.15, 0.2) is 0 Å². The van der Waals surface area contributed by atoms with Crippen LogP contribution in [0.4, 0.5) is 10.1 Å². The molecule has 0 amide bonds. The van der Waals surface area contributed by atoms with E-state index in [1.807, 2.05) is 12.1 Å². The van der Waals surface area contributed by atoms with E-state index in [2.05, 4.69) is 14.7 Å². The summed E-state index contributed by atoms with van der Waals surface area (Å²) >= 11 is 0. The van der Waals surface area contributed by atoms with Crippen LogP contribution in [-0.2, 0) is 0 Å². The third-order valence-corrected chi connectivity index (χ3v) is 6.15. The number of anilines is 1. The number of β-amino-alcohol motifs (C(OH)–C–C–N with tert-alkyl or cyclic N) is 1. The van der Waals surface area contributed by atoms with E-state index in [1.165, 1.54) is 25.3 Å². The van der Waals surface area contributed by atoms with E-state index < -0.39 is 0 Å². The van der Waals surface area contributed by atoms with Crippen LogP contribution in [-0.4, -0.2) is 72.4 Å². The number of aliphatic hydroxyl groups is 1. The van der Waals surface area contributed by atoms with Crippen molar-refractivity contribution in [3.8, 4) is 0 Å². The standard InChI is InChI=1S/C19H28FN3O/c20-16-6-1-2-7-17(16)21-10-12-22(13-11-21)18-8-9-23(14-19(18)24)15-4-3-5-15/h1-2,6-7,15,18-19,24H,3-5,8-14H2/t18-,19-/m1/s1. The quantitative estimate of drug-likeness (QED) is 0.916. The van der Waals surface area contributed by atoms with Gasteiger partial charge in [-0.05, 0) is 31.4 Å². The van der Waals surface area contributed by atoms with Gasteiger partial charge in [0.05, 0.1) is 11.8 Å². The highest BCUT2D eigenvalue weighted by Crippen LogP contribution is 2.29. The Kier molecular flexibility index (Phi) is 4.74. The van der Waals surface area contributed by atoms with E-state index >= 15 is 0 Å². The third kappa shape index (κ3) is 3.17. The zero-order chi connectivity index (χ0) is 16.5. The van der Waals surface area contributed by atoms with Gasteiger partial charge < -0.3 is 10.0 Å². The van der Waals surface area contributed by atoms with E-state index in [1.54, 1.807) is 6.07 Å². The lowest BCUT2D eigenvalue weighted by Gasteiger charge is -2.48. The molecule has 2 heterocycles. The molecular weight excluding hydrogens is 305 g/mol. The molecule has 4 rings (SSSR count). The molecule has 0 aromatic heterocycles. The molecule has 1 aromatic carbocycles. The number of rotatable bonds is 3. The van der Waals surface area contributed by atoms with Crippen LogP contribution in [0.15, 0.2) is 24.3 Å². The molecule has 3 aliphatic rings. The molecule has 24 heavy (non-hydrogen) atoms. The van der Waals surface area contributed by atoms with E-state index in [-0.39, 0.29) is 18.0 Å². The zero-order valence-electron chi connectivity index (χ0n) is 14.3. The molecule has 0 spiro atoms. The number of nitrogens with zero attached hydrogens (tertiary/aromatic N) is 3. The van der Waals surface area contributed by atoms with Gasteiger partial charge >= 0.3 is 0 Å². The highest BCUT2D eigenvalue weighted by molar-refractivity contribution is 5.48. The molecule has 1 saturated carbocycles. The van der Waals surface area contributed by atoms with Crippen molar-refractivity contribution in [3.05, 3.63) is 30.1 Å². The average Bonchev–Trinajstić information content (AvgIpc) is 2.54. The van der Waals surface area contributed by atoms with Crippen molar-refractivity contribution in [2.75, 3.05) is 44.2 Å². The summed E-state index contributed by atoms with van der Waals surface area (Å²) in [5.74, 6) is -0.139. The van der Waals surface area contributed by atoms with E-state index in [4.69, 9.17) is 0 Å². The molecule has 2 aliphatic heterocycles. The Bertz CT molecular complexity index is 557. The Morgan fingerprint density at radius 1 is 0.917 bits per heavy atom. The minimum absolute atomic E-state index is 0.139. The highest BCUT2D eigenvalue weighted by atomic mass is 19.1. The van der Waals surface area contributed by atoms with Gasteiger partial charge in [-0.25, -0.2) is 4.39 Å². The van der Waals surface area contributed by atoms with Crippen LogP contribution < -0.4 is 4.90 Å². The normalized spacial score (nSPS) is 30.3. The Morgan fingerprint density at radius 2 is 1.67 bits per heavy atom. The molecule has 4 nitrogen and oxygen atoms in total. The number of halogens is 1. The number of likely N-dealkylation sites (tertiary alicyclic amines) is 1. The molecule has 2 atom stereocenters. The van der Waals surface area contributed by atoms with Crippen molar-refractivity contribution in [2.24, 2.45) is 0 Å². The van der Waals surface area contributed by atoms with Crippen LogP contribution in [0.1, 0.15) is 25.7 Å². The third-order valence-electron chi connectivity index (χ3n) is 6.15. The minimum atomic E-state index is -0.251. The van der Waals surface area contributed by atoms with Gasteiger partial charge in [0.1, 0.15) is 5.82 Å². The minimum Gasteiger partial charge on any atom is -0.390 e. The maximum Gasteiger partial charge on any atom is 0.146 e. The second-order valence-corrected chi connectivity index (χ2v) is 7.48. The molecule has 0 bridgehead atoms. The Hall–Kier alpha value is -1.17. The summed E-state index contributed by atoms with van der Waals surface area (Å²) in [7, 11) is 0. The van der Waals surface area contributed by atoms with Crippen LogP contribution in [0.3, 0.4) is 0 Å². The number of hydrogen-bond donors (Lipinski definition) is 1. The van der Waals surface area contributed by atoms with Gasteiger partial charge in [0.25, 0.3) is 0 Å². The molecule has 1 aromatic rings. The van der Waals surface area contributed by atoms with Crippen molar-refractivity contribution in [1.29, 1.82) is 0 Å². The molecule has 5 heteroatoms. The van der Waals surface area contributed by atoms with Crippen LogP contribution >= 0.6 is 0 Å². The summed E-state index contributed by atoms with van der Waals surface area (Å²) in [4.78, 5) is 7.03. The van der Waals surface area contributed by atoms with Gasteiger partial charge in [0, 0.05) is 51.4 Å². The molecule has 2 saturated heterocycles. The number of aliphatic hydroxyl groups excluding tert-OH is 1. The Morgan fingerprint density at radius 3 is 2.29 bits per heavy atom. The summed E-state index contributed by atoms with van der Waals surface area (Å²) in [5.41, 5.74) is 0.706. The first-order chi connectivity index (χ1) is 11.7. The Labute approximate surface area is 143 Å². The molecule has 0 radical (unpaired) electrons. The largest absolute Gasteiger partial charge is 0.390 e. The molecule has 0 unspecified atom stereocenters. The number of piperidine rings is 1. The maximum absolute atomic E-state index is 13.9. The molecule has 1 N–H and O–H groups in total. The van der Waals surface area contributed by atoms with E-state index in [9.17, 15) is 9.50 Å². The van der Waals surface area contributed by atoms with Gasteiger partial charge in [-0.15, -0.1) is 0 Å². The highest BCUT2D eigenvalue weighted by Gasteiger charge is 2.37. The summed E-state index contributed by atoms with van der Waals surface area (Å²) in [6, 6.07) is 8.01. The SMILES string of the molecule is O[C@@H]1CN(C2CCC2)CC[C@H]1N1CCN(c2ccccc2F)CC1. The first-order valence-electron chi connectivity index (χ1n) is 9.38. The van der Waals surface area contributed by atoms with Gasteiger partial charge in [-0.2, -0.15) is 0 Å². The molecular formula is C19H28FN3O. The first kappa shape index (κ1) is 16.3. The van der Waals surface area contributed by atoms with E-state index in [0.717, 1.165) is 51.7 Å². The van der Waals surface area contributed by atoms with Crippen LogP contribution in [0.25, 0.3) is 0 Å². The lowest BCUT2D eigenvalue weighted by Crippen LogP contribution is -2.60. The number of hydrogen-bond acceptors (Lipinski definition) is 4. The van der Waals surface area contributed by atoms with Crippen molar-refractivity contribution in [2.45, 2.75) is 43.9 Å². The topological polar surface area (TPSA) is 30.0 Å². The van der Waals surface area contributed by atoms with Crippen LogP contribution in [0.5, 0.6) is 0 Å². The fraction of sp³-hybridized carbons (Fsp3) is 0.684. The second kappa shape index (κ2) is 6.98. The van der Waals surface area contributed by atoms with Crippen LogP contribution in [0.2, 0.25) is 0 Å². The number of benzene rings is 1. The molecule has 1 aliphatic carbocycles. The summed E-state index contributed by atoms with van der Waals surface area (Å²) in [6.07, 6.45) is 4.76. The van der Waals surface area contributed by atoms with Crippen molar-refractivity contribution < 1.29 is 9.50 Å². The first-order valence-corrected chi connectivity index (χ1v) is 9.38. The summed E-state index contributed by atoms with van der Waals surface area (Å²) in [6.45, 7) is 5.40. The smallest absolute Gasteiger partial charge is 0.146 e. The number of para-hydroxylation sites is 1. The lowest BCUT2D eigenvalue weighted by molar-refractivity contribution is -0.0380. The molecule has 3 fully saturated rings. The van der Waals surface area contributed by atoms with Gasteiger partial charge in [-0.3, -0.25) is 9.80 Å². The maximum atomic E-state index is 13.9. The zero-order valence-corrected chi connectivity index (χ0v) is 14.3. The van der Waals surface area contributed by atoms with Crippen molar-refractivity contribution in [3.63, 3.8) is 0 Å². The van der Waals surface area contributed by atoms with E-state index in [0.29, 0.717) is 5.69 Å². The van der Waals surface area contributed by atoms with Crippen LogP contribution in [0, 0.1) is 5.82 Å². The van der Waals surface area contributed by atoms with Gasteiger partial charge in [-0.1, -0.05) is 18.6 Å².